The number of hydrogen-bond acceptors (Lipinski definition) is 2. The summed E-state index contributed by atoms with van der Waals surface area (Å²) in [5.74, 6) is 0.541. The second-order valence-corrected chi connectivity index (χ2v) is 4.61. The second kappa shape index (κ2) is 3.80. The van der Waals surface area contributed by atoms with Gasteiger partial charge in [-0.3, -0.25) is 9.59 Å². The summed E-state index contributed by atoms with van der Waals surface area (Å²) in [6.45, 7) is 2.08. The van der Waals surface area contributed by atoms with Crippen LogP contribution in [0.25, 0.3) is 0 Å². The van der Waals surface area contributed by atoms with Gasteiger partial charge in [0.15, 0.2) is 0 Å². The van der Waals surface area contributed by atoms with Crippen molar-refractivity contribution in [3.05, 3.63) is 11.6 Å². The van der Waals surface area contributed by atoms with Crippen LogP contribution in [0.4, 0.5) is 0 Å². The molecule has 0 saturated heterocycles. The number of carbonyl (C=O) groups excluding carboxylic acids is 2. The number of carbonyl (C=O) groups is 2. The first-order chi connectivity index (χ1) is 7.13. The number of Topliss-reactive ketones (excluding diaryl/α,β-unsaturated/α-hetero) is 1. The van der Waals surface area contributed by atoms with Crippen molar-refractivity contribution in [3.8, 4) is 0 Å². The number of fused-ring (bicyclic) bond motifs is 1. The number of hydrogen-bond donors (Lipinski definition) is 1. The van der Waals surface area contributed by atoms with Crippen molar-refractivity contribution in [3.63, 3.8) is 0 Å². The monoisotopic (exact) mass is 207 g/mol. The summed E-state index contributed by atoms with van der Waals surface area (Å²) in [5.41, 5.74) is 6.08. The molecule has 1 amide bonds. The van der Waals surface area contributed by atoms with Crippen LogP contribution in [-0.2, 0) is 9.59 Å². The molecule has 15 heavy (non-hydrogen) atoms. The quantitative estimate of drug-likeness (QED) is 0.744. The van der Waals surface area contributed by atoms with Gasteiger partial charge in [-0.15, -0.1) is 0 Å². The Morgan fingerprint density at radius 1 is 1.53 bits per heavy atom. The minimum absolute atomic E-state index is 0.0717. The van der Waals surface area contributed by atoms with Gasteiger partial charge in [0.2, 0.25) is 5.91 Å². The Kier molecular flexibility index (Phi) is 2.63. The lowest BCUT2D eigenvalue weighted by molar-refractivity contribution is -0.121. The molecule has 2 N–H and O–H groups in total. The van der Waals surface area contributed by atoms with Gasteiger partial charge in [0, 0.05) is 17.9 Å². The Balaban J connectivity index is 2.30. The van der Waals surface area contributed by atoms with E-state index in [4.69, 9.17) is 5.73 Å². The van der Waals surface area contributed by atoms with E-state index in [2.05, 4.69) is 6.92 Å². The maximum Gasteiger partial charge on any atom is 0.244 e. The lowest BCUT2D eigenvalue weighted by Crippen LogP contribution is -2.30. The molecule has 0 heterocycles. The molecule has 3 nitrogen and oxygen atoms in total. The smallest absolute Gasteiger partial charge is 0.244 e. The van der Waals surface area contributed by atoms with Crippen LogP contribution >= 0.6 is 0 Å². The van der Waals surface area contributed by atoms with Crippen LogP contribution in [0, 0.1) is 17.8 Å². The number of allylic oxidation sites excluding steroid dienone is 1. The topological polar surface area (TPSA) is 60.2 Å². The van der Waals surface area contributed by atoms with E-state index >= 15 is 0 Å². The first-order valence-electron chi connectivity index (χ1n) is 5.67. The fourth-order valence-electron chi connectivity index (χ4n) is 2.90. The fraction of sp³-hybridized carbons (Fsp3) is 0.667. The Hall–Kier alpha value is -1.12. The van der Waals surface area contributed by atoms with E-state index in [-0.39, 0.29) is 17.7 Å². The molecule has 1 fully saturated rings. The average Bonchev–Trinajstić information content (AvgIpc) is 2.59. The predicted octanol–water partition coefficient (Wildman–Crippen LogP) is 1.42. The van der Waals surface area contributed by atoms with Crippen LogP contribution in [0.15, 0.2) is 11.6 Å². The largest absolute Gasteiger partial charge is 0.366 e. The van der Waals surface area contributed by atoms with E-state index in [1.807, 2.05) is 6.08 Å². The number of amides is 1. The van der Waals surface area contributed by atoms with Gasteiger partial charge in [-0.05, 0) is 31.1 Å². The Bertz CT molecular complexity index is 333. The number of primary amides is 1. The Morgan fingerprint density at radius 2 is 2.27 bits per heavy atom. The number of nitrogens with two attached hydrogens (primary N) is 1. The minimum Gasteiger partial charge on any atom is -0.366 e. The van der Waals surface area contributed by atoms with E-state index in [1.165, 1.54) is 0 Å². The van der Waals surface area contributed by atoms with Crippen LogP contribution in [0.2, 0.25) is 0 Å². The van der Waals surface area contributed by atoms with Crippen LogP contribution < -0.4 is 5.73 Å². The molecule has 0 bridgehead atoms. The van der Waals surface area contributed by atoms with E-state index < -0.39 is 0 Å². The van der Waals surface area contributed by atoms with Crippen LogP contribution in [0.5, 0.6) is 0 Å². The molecule has 2 rings (SSSR count). The van der Waals surface area contributed by atoms with E-state index in [9.17, 15) is 9.59 Å². The summed E-state index contributed by atoms with van der Waals surface area (Å²) >= 11 is 0. The van der Waals surface area contributed by atoms with Gasteiger partial charge in [-0.25, -0.2) is 0 Å². The summed E-state index contributed by atoms with van der Waals surface area (Å²) in [7, 11) is 0. The van der Waals surface area contributed by atoms with E-state index in [1.54, 1.807) is 0 Å². The van der Waals surface area contributed by atoms with Crippen LogP contribution in [-0.4, -0.2) is 11.7 Å². The molecule has 0 aromatic rings. The van der Waals surface area contributed by atoms with Crippen molar-refractivity contribution in [1.82, 2.24) is 0 Å². The van der Waals surface area contributed by atoms with Gasteiger partial charge in [0.1, 0.15) is 5.78 Å². The van der Waals surface area contributed by atoms with Gasteiger partial charge in [0.25, 0.3) is 0 Å². The maximum absolute atomic E-state index is 11.7. The van der Waals surface area contributed by atoms with Crippen molar-refractivity contribution < 1.29 is 9.59 Å². The normalized spacial score (nSPS) is 34.9. The van der Waals surface area contributed by atoms with Crippen molar-refractivity contribution >= 4 is 11.7 Å². The third-order valence-corrected chi connectivity index (χ3v) is 3.78. The van der Waals surface area contributed by atoms with Gasteiger partial charge < -0.3 is 5.73 Å². The molecular formula is C12H17NO2. The molecule has 0 unspecified atom stereocenters. The van der Waals surface area contributed by atoms with Gasteiger partial charge in [-0.2, -0.15) is 0 Å². The average molecular weight is 207 g/mol. The molecule has 0 radical (unpaired) electrons. The highest BCUT2D eigenvalue weighted by molar-refractivity contribution is 5.95. The zero-order valence-corrected chi connectivity index (χ0v) is 9.03. The molecule has 0 spiro atoms. The molecule has 3 atom stereocenters. The molecular weight excluding hydrogens is 190 g/mol. The van der Waals surface area contributed by atoms with E-state index in [0.29, 0.717) is 23.7 Å². The molecule has 82 valence electrons. The molecule has 0 aromatic heterocycles. The zero-order chi connectivity index (χ0) is 11.0. The van der Waals surface area contributed by atoms with Gasteiger partial charge in [0.05, 0.1) is 0 Å². The minimum atomic E-state index is -0.335. The highest BCUT2D eigenvalue weighted by Gasteiger charge is 2.41. The molecule has 3 heteroatoms. The number of ketones is 1. The highest BCUT2D eigenvalue weighted by Crippen LogP contribution is 2.43. The third-order valence-electron chi connectivity index (χ3n) is 3.78. The SMILES string of the molecule is CC[C@H]1C=C(C(N)=O)[C@H]2CCC(=O)[C@H]2C1. The first kappa shape index (κ1) is 10.4. The highest BCUT2D eigenvalue weighted by atomic mass is 16.1. The second-order valence-electron chi connectivity index (χ2n) is 4.61. The molecule has 1 saturated carbocycles. The molecule has 0 aromatic carbocycles. The van der Waals surface area contributed by atoms with Crippen molar-refractivity contribution in [2.24, 2.45) is 23.5 Å². The lowest BCUT2D eigenvalue weighted by atomic mass is 9.75. The van der Waals surface area contributed by atoms with Crippen LogP contribution in [0.1, 0.15) is 32.6 Å². The maximum atomic E-state index is 11.7. The molecule has 2 aliphatic carbocycles. The summed E-state index contributed by atoms with van der Waals surface area (Å²) in [6, 6.07) is 0. The van der Waals surface area contributed by atoms with Crippen molar-refractivity contribution in [2.75, 3.05) is 0 Å². The van der Waals surface area contributed by atoms with Crippen molar-refractivity contribution in [1.29, 1.82) is 0 Å². The van der Waals surface area contributed by atoms with Crippen molar-refractivity contribution in [2.45, 2.75) is 32.6 Å². The first-order valence-corrected chi connectivity index (χ1v) is 5.67. The summed E-state index contributed by atoms with van der Waals surface area (Å²) in [5, 5.41) is 0. The molecule has 2 aliphatic rings. The Morgan fingerprint density at radius 3 is 2.87 bits per heavy atom. The van der Waals surface area contributed by atoms with Gasteiger partial charge >= 0.3 is 0 Å². The lowest BCUT2D eigenvalue weighted by Gasteiger charge is -2.28. The van der Waals surface area contributed by atoms with Crippen LogP contribution in [0.3, 0.4) is 0 Å². The summed E-state index contributed by atoms with van der Waals surface area (Å²) in [4.78, 5) is 23.0. The standard InChI is InChI=1S/C12H17NO2/c1-2-7-5-9-8(3-4-11(9)14)10(6-7)12(13)15/h6-9H,2-5H2,1H3,(H2,13,15)/t7-,8+,9+/m1/s1. The Labute approximate surface area is 89.7 Å². The van der Waals surface area contributed by atoms with E-state index in [0.717, 1.165) is 19.3 Å². The summed E-state index contributed by atoms with van der Waals surface area (Å²) in [6.07, 6.45) is 5.33. The fourth-order valence-corrected chi connectivity index (χ4v) is 2.90. The molecule has 0 aliphatic heterocycles. The number of rotatable bonds is 2. The zero-order valence-electron chi connectivity index (χ0n) is 9.03. The summed E-state index contributed by atoms with van der Waals surface area (Å²) < 4.78 is 0. The predicted molar refractivity (Wildman–Crippen MR) is 56.9 cm³/mol. The van der Waals surface area contributed by atoms with Gasteiger partial charge in [-0.1, -0.05) is 13.0 Å². The third kappa shape index (κ3) is 1.71.